The average molecular weight is 748 g/mol. The molecule has 314 valence electrons. The molecular formula is C48H93NO4. The first-order valence-electron chi connectivity index (χ1n) is 23.6. The average Bonchev–Trinajstić information content (AvgIpc) is 3.16. The number of hydrogen-bond acceptors (Lipinski definition) is 4. The molecule has 5 nitrogen and oxygen atoms in total. The number of unbranched alkanes of at least 4 members (excludes halogenated alkanes) is 31. The van der Waals surface area contributed by atoms with E-state index in [-0.39, 0.29) is 12.5 Å². The number of carbonyl (C=O) groups excluding carboxylic acids is 1. The number of nitrogens with one attached hydrogen (secondary N) is 1. The van der Waals surface area contributed by atoms with Crippen molar-refractivity contribution in [2.75, 3.05) is 6.61 Å². The smallest absolute Gasteiger partial charge is 0.220 e. The predicted octanol–water partition coefficient (Wildman–Crippen LogP) is 13.8. The largest absolute Gasteiger partial charge is 0.394 e. The van der Waals surface area contributed by atoms with E-state index in [4.69, 9.17) is 0 Å². The minimum Gasteiger partial charge on any atom is -0.394 e. The lowest BCUT2D eigenvalue weighted by Crippen LogP contribution is -2.50. The molecule has 0 aliphatic heterocycles. The number of rotatable bonds is 43. The van der Waals surface area contributed by atoms with Gasteiger partial charge in [0.1, 0.15) is 6.10 Å². The molecule has 0 radical (unpaired) electrons. The van der Waals surface area contributed by atoms with Crippen LogP contribution in [0.5, 0.6) is 0 Å². The lowest BCUT2D eigenvalue weighted by molar-refractivity contribution is -0.124. The minimum absolute atomic E-state index is 0.154. The highest BCUT2D eigenvalue weighted by molar-refractivity contribution is 5.76. The van der Waals surface area contributed by atoms with Crippen LogP contribution in [0, 0.1) is 0 Å². The van der Waals surface area contributed by atoms with E-state index in [0.717, 1.165) is 38.5 Å². The molecule has 1 amide bonds. The topological polar surface area (TPSA) is 89.8 Å². The summed E-state index contributed by atoms with van der Waals surface area (Å²) in [4.78, 5) is 12.4. The van der Waals surface area contributed by atoms with Crippen LogP contribution in [0.2, 0.25) is 0 Å². The quantitative estimate of drug-likeness (QED) is 0.0369. The second kappa shape index (κ2) is 43.6. The molecule has 0 heterocycles. The molecule has 0 saturated heterocycles. The van der Waals surface area contributed by atoms with E-state index < -0.39 is 18.2 Å². The fourth-order valence-corrected chi connectivity index (χ4v) is 7.33. The lowest BCUT2D eigenvalue weighted by atomic mass is 10.0. The van der Waals surface area contributed by atoms with E-state index in [1.165, 1.54) is 186 Å². The molecule has 0 fully saturated rings. The fourth-order valence-electron chi connectivity index (χ4n) is 7.33. The van der Waals surface area contributed by atoms with Crippen molar-refractivity contribution in [3.05, 3.63) is 24.3 Å². The highest BCUT2D eigenvalue weighted by Gasteiger charge is 2.26. The number of allylic oxidation sites excluding steroid dienone is 4. The van der Waals surface area contributed by atoms with Crippen LogP contribution in [0.25, 0.3) is 0 Å². The number of aliphatic hydroxyl groups excluding tert-OH is 3. The Morgan fingerprint density at radius 3 is 1.09 bits per heavy atom. The van der Waals surface area contributed by atoms with Gasteiger partial charge < -0.3 is 20.6 Å². The predicted molar refractivity (Wildman–Crippen MR) is 231 cm³/mol. The molecule has 0 spiro atoms. The summed E-state index contributed by atoms with van der Waals surface area (Å²) in [5.41, 5.74) is 0. The van der Waals surface area contributed by atoms with E-state index in [2.05, 4.69) is 43.5 Å². The zero-order chi connectivity index (χ0) is 38.7. The number of amides is 1. The Bertz CT molecular complexity index is 784. The van der Waals surface area contributed by atoms with Crippen LogP contribution in [0.15, 0.2) is 24.3 Å². The van der Waals surface area contributed by atoms with Gasteiger partial charge in [-0.3, -0.25) is 4.79 Å². The molecule has 4 N–H and O–H groups in total. The normalized spacial score (nSPS) is 13.7. The summed E-state index contributed by atoms with van der Waals surface area (Å²) in [5.74, 6) is -0.154. The maximum Gasteiger partial charge on any atom is 0.220 e. The van der Waals surface area contributed by atoms with Crippen LogP contribution in [0.3, 0.4) is 0 Å². The number of aliphatic hydroxyl groups is 3. The Morgan fingerprint density at radius 2 is 0.755 bits per heavy atom. The van der Waals surface area contributed by atoms with E-state index in [1.54, 1.807) is 0 Å². The Labute approximate surface area is 331 Å². The Balaban J connectivity index is 3.51. The molecule has 0 aromatic rings. The van der Waals surface area contributed by atoms with E-state index in [9.17, 15) is 20.1 Å². The van der Waals surface area contributed by atoms with Gasteiger partial charge in [-0.15, -0.1) is 0 Å². The van der Waals surface area contributed by atoms with Crippen LogP contribution in [-0.2, 0) is 4.79 Å². The third-order valence-corrected chi connectivity index (χ3v) is 11.0. The Morgan fingerprint density at radius 1 is 0.453 bits per heavy atom. The summed E-state index contributed by atoms with van der Waals surface area (Å²) in [7, 11) is 0. The molecule has 0 aromatic heterocycles. The van der Waals surface area contributed by atoms with Gasteiger partial charge in [0.05, 0.1) is 18.8 Å². The summed E-state index contributed by atoms with van der Waals surface area (Å²) >= 11 is 0. The summed E-state index contributed by atoms with van der Waals surface area (Å²) in [6.45, 7) is 4.15. The molecule has 0 bridgehead atoms. The summed E-state index contributed by atoms with van der Waals surface area (Å²) in [6, 6.07) is -0.822. The first-order valence-corrected chi connectivity index (χ1v) is 23.6. The minimum atomic E-state index is -1.16. The monoisotopic (exact) mass is 748 g/mol. The van der Waals surface area contributed by atoms with Gasteiger partial charge in [-0.05, 0) is 64.2 Å². The highest BCUT2D eigenvalue weighted by atomic mass is 16.3. The molecular weight excluding hydrogens is 655 g/mol. The van der Waals surface area contributed by atoms with Gasteiger partial charge in [0.25, 0.3) is 0 Å². The summed E-state index contributed by atoms with van der Waals surface area (Å²) in [6.07, 6.45) is 53.2. The van der Waals surface area contributed by atoms with Gasteiger partial charge in [-0.25, -0.2) is 0 Å². The molecule has 0 saturated carbocycles. The zero-order valence-corrected chi connectivity index (χ0v) is 35.7. The fraction of sp³-hybridized carbons (Fsp3) is 0.896. The van der Waals surface area contributed by atoms with Crippen molar-refractivity contribution in [3.63, 3.8) is 0 Å². The molecule has 0 aromatic carbocycles. The van der Waals surface area contributed by atoms with Crippen molar-refractivity contribution >= 4 is 5.91 Å². The van der Waals surface area contributed by atoms with Gasteiger partial charge in [0, 0.05) is 6.42 Å². The third-order valence-electron chi connectivity index (χ3n) is 11.0. The SMILES string of the molecule is CCCCCCC/C=C/CCCC(O)C(O)C(CO)NC(=O)CCCCCCCCCCCCCCC/C=C\CCCCCCCCCCCCCC. The van der Waals surface area contributed by atoms with Crippen molar-refractivity contribution in [3.8, 4) is 0 Å². The lowest BCUT2D eigenvalue weighted by Gasteiger charge is -2.26. The van der Waals surface area contributed by atoms with Crippen LogP contribution in [0.1, 0.15) is 251 Å². The number of carbonyl (C=O) groups is 1. The maximum atomic E-state index is 12.4. The standard InChI is InChI=1S/C48H93NO4/c1-3-5-7-9-11-13-15-16-17-18-19-20-21-22-23-24-25-26-27-28-29-30-31-32-33-35-37-39-41-43-47(52)49-45(44-50)48(53)46(51)42-40-38-36-34-14-12-10-8-6-4-2/h22-23,34,36,45-46,48,50-51,53H,3-21,24-33,35,37-44H2,1-2H3,(H,49,52)/b23-22-,36-34+. The van der Waals surface area contributed by atoms with Crippen LogP contribution >= 0.6 is 0 Å². The molecule has 53 heavy (non-hydrogen) atoms. The van der Waals surface area contributed by atoms with Crippen molar-refractivity contribution in [2.45, 2.75) is 270 Å². The van der Waals surface area contributed by atoms with E-state index in [1.807, 2.05) is 0 Å². The van der Waals surface area contributed by atoms with Crippen molar-refractivity contribution in [1.29, 1.82) is 0 Å². The van der Waals surface area contributed by atoms with Crippen molar-refractivity contribution in [2.24, 2.45) is 0 Å². The van der Waals surface area contributed by atoms with Gasteiger partial charge in [-0.1, -0.05) is 205 Å². The Hall–Kier alpha value is -1.17. The van der Waals surface area contributed by atoms with Gasteiger partial charge in [0.15, 0.2) is 0 Å². The molecule has 3 atom stereocenters. The number of hydrogen-bond donors (Lipinski definition) is 4. The van der Waals surface area contributed by atoms with Gasteiger partial charge >= 0.3 is 0 Å². The third kappa shape index (κ3) is 38.9. The molecule has 0 aliphatic carbocycles. The highest BCUT2D eigenvalue weighted by Crippen LogP contribution is 2.16. The second-order valence-corrected chi connectivity index (χ2v) is 16.3. The van der Waals surface area contributed by atoms with Gasteiger partial charge in [-0.2, -0.15) is 0 Å². The van der Waals surface area contributed by atoms with E-state index in [0.29, 0.717) is 12.8 Å². The first-order chi connectivity index (χ1) is 26.1. The molecule has 3 unspecified atom stereocenters. The Kier molecular flexibility index (Phi) is 42.6. The van der Waals surface area contributed by atoms with Crippen molar-refractivity contribution < 1.29 is 20.1 Å². The summed E-state index contributed by atoms with van der Waals surface area (Å²) < 4.78 is 0. The maximum absolute atomic E-state index is 12.4. The zero-order valence-electron chi connectivity index (χ0n) is 35.7. The molecule has 5 heteroatoms. The molecule has 0 rings (SSSR count). The van der Waals surface area contributed by atoms with Crippen LogP contribution in [0.4, 0.5) is 0 Å². The van der Waals surface area contributed by atoms with Crippen LogP contribution in [-0.4, -0.2) is 46.1 Å². The molecule has 0 aliphatic rings. The van der Waals surface area contributed by atoms with E-state index >= 15 is 0 Å². The summed E-state index contributed by atoms with van der Waals surface area (Å²) in [5, 5.41) is 33.4. The van der Waals surface area contributed by atoms with Crippen molar-refractivity contribution in [1.82, 2.24) is 5.32 Å². The van der Waals surface area contributed by atoms with Crippen LogP contribution < -0.4 is 5.32 Å². The first kappa shape index (κ1) is 51.8. The van der Waals surface area contributed by atoms with Gasteiger partial charge in [0.2, 0.25) is 5.91 Å². The second-order valence-electron chi connectivity index (χ2n) is 16.3.